The Kier molecular flexibility index (Phi) is 6.80. The summed E-state index contributed by atoms with van der Waals surface area (Å²) in [6.45, 7) is 2.17. The Morgan fingerprint density at radius 1 is 1.32 bits per heavy atom. The molecule has 0 spiro atoms. The highest BCUT2D eigenvalue weighted by atomic mass is 16.4. The van der Waals surface area contributed by atoms with Crippen LogP contribution in [0.3, 0.4) is 0 Å². The number of carboxylic acids is 1. The fourth-order valence-electron chi connectivity index (χ4n) is 2.40. The standard InChI is InChI=1S/C14H22N2O3/c1-2-3-7-10-15-14(19)16-12(13(17)18)11-8-5-4-6-9-11/h11-12H,4-10H2,1H3,(H,17,18)(H2,15,16,19). The molecule has 0 aliphatic heterocycles. The van der Waals surface area contributed by atoms with Crippen molar-refractivity contribution in [2.24, 2.45) is 5.92 Å². The number of hydrogen-bond donors (Lipinski definition) is 3. The molecule has 0 heterocycles. The summed E-state index contributed by atoms with van der Waals surface area (Å²) in [7, 11) is 0. The van der Waals surface area contributed by atoms with Crippen molar-refractivity contribution in [3.8, 4) is 11.8 Å². The second-order valence-electron chi connectivity index (χ2n) is 4.79. The fourth-order valence-corrected chi connectivity index (χ4v) is 2.40. The zero-order valence-electron chi connectivity index (χ0n) is 11.4. The monoisotopic (exact) mass is 266 g/mol. The van der Waals surface area contributed by atoms with Gasteiger partial charge >= 0.3 is 12.0 Å². The molecule has 0 saturated heterocycles. The number of aliphatic carboxylic acids is 1. The lowest BCUT2D eigenvalue weighted by molar-refractivity contribution is -0.141. The van der Waals surface area contributed by atoms with E-state index in [1.54, 1.807) is 6.92 Å². The fraction of sp³-hybridized carbons (Fsp3) is 0.714. The van der Waals surface area contributed by atoms with Crippen molar-refractivity contribution in [3.05, 3.63) is 0 Å². The Hall–Kier alpha value is -1.70. The van der Waals surface area contributed by atoms with E-state index in [2.05, 4.69) is 22.5 Å². The molecule has 2 amide bonds. The van der Waals surface area contributed by atoms with Gasteiger partial charge in [0.2, 0.25) is 0 Å². The molecule has 1 saturated carbocycles. The number of carbonyl (C=O) groups excluding carboxylic acids is 1. The average molecular weight is 266 g/mol. The van der Waals surface area contributed by atoms with Gasteiger partial charge in [0.15, 0.2) is 0 Å². The lowest BCUT2D eigenvalue weighted by Crippen LogP contribution is -2.50. The predicted molar refractivity (Wildman–Crippen MR) is 72.6 cm³/mol. The topological polar surface area (TPSA) is 78.4 Å². The summed E-state index contributed by atoms with van der Waals surface area (Å²) in [5.41, 5.74) is 0. The molecule has 1 atom stereocenters. The molecule has 1 fully saturated rings. The highest BCUT2D eigenvalue weighted by Crippen LogP contribution is 2.26. The summed E-state index contributed by atoms with van der Waals surface area (Å²) in [6, 6.07) is -1.20. The van der Waals surface area contributed by atoms with Crippen molar-refractivity contribution in [1.82, 2.24) is 10.6 Å². The third-order valence-electron chi connectivity index (χ3n) is 3.39. The summed E-state index contributed by atoms with van der Waals surface area (Å²) < 4.78 is 0. The van der Waals surface area contributed by atoms with Gasteiger partial charge in [0, 0.05) is 13.0 Å². The minimum absolute atomic E-state index is 0.0485. The molecule has 0 bridgehead atoms. The molecule has 3 N–H and O–H groups in total. The Labute approximate surface area is 114 Å². The first kappa shape index (κ1) is 15.4. The van der Waals surface area contributed by atoms with E-state index < -0.39 is 18.0 Å². The third kappa shape index (κ3) is 5.64. The highest BCUT2D eigenvalue weighted by Gasteiger charge is 2.30. The molecule has 5 heteroatoms. The molecule has 19 heavy (non-hydrogen) atoms. The van der Waals surface area contributed by atoms with Crippen molar-refractivity contribution in [2.45, 2.75) is 51.5 Å². The number of urea groups is 1. The number of carbonyl (C=O) groups is 2. The third-order valence-corrected chi connectivity index (χ3v) is 3.39. The quantitative estimate of drug-likeness (QED) is 0.524. The summed E-state index contributed by atoms with van der Waals surface area (Å²) in [5, 5.41) is 14.4. The molecular weight excluding hydrogens is 244 g/mol. The van der Waals surface area contributed by atoms with Crippen molar-refractivity contribution in [3.63, 3.8) is 0 Å². The van der Waals surface area contributed by atoms with Crippen LogP contribution in [0.25, 0.3) is 0 Å². The minimum atomic E-state index is -0.949. The first-order valence-corrected chi connectivity index (χ1v) is 6.82. The Morgan fingerprint density at radius 3 is 2.58 bits per heavy atom. The maximum absolute atomic E-state index is 11.6. The van der Waals surface area contributed by atoms with E-state index in [0.29, 0.717) is 13.0 Å². The summed E-state index contributed by atoms with van der Waals surface area (Å²) in [6.07, 6.45) is 5.57. The van der Waals surface area contributed by atoms with Gasteiger partial charge in [-0.05, 0) is 25.7 Å². The van der Waals surface area contributed by atoms with Gasteiger partial charge in [-0.2, -0.15) is 0 Å². The molecule has 106 valence electrons. The molecule has 1 unspecified atom stereocenters. The predicted octanol–water partition coefficient (Wildman–Crippen LogP) is 1.73. The SMILES string of the molecule is CC#CCCNC(=O)NC(C(=O)O)C1CCCCC1. The van der Waals surface area contributed by atoms with Gasteiger partial charge in [-0.3, -0.25) is 0 Å². The molecule has 1 aliphatic rings. The Balaban J connectivity index is 2.41. The van der Waals surface area contributed by atoms with Crippen LogP contribution in [0.15, 0.2) is 0 Å². The van der Waals surface area contributed by atoms with Gasteiger partial charge in [0.05, 0.1) is 0 Å². The number of amides is 2. The summed E-state index contributed by atoms with van der Waals surface area (Å²) in [4.78, 5) is 22.9. The van der Waals surface area contributed by atoms with Crippen LogP contribution >= 0.6 is 0 Å². The molecule has 0 aromatic carbocycles. The first-order chi connectivity index (χ1) is 9.15. The largest absolute Gasteiger partial charge is 0.480 e. The molecule has 5 nitrogen and oxygen atoms in total. The smallest absolute Gasteiger partial charge is 0.326 e. The lowest BCUT2D eigenvalue weighted by Gasteiger charge is -2.28. The van der Waals surface area contributed by atoms with Crippen molar-refractivity contribution in [1.29, 1.82) is 0 Å². The van der Waals surface area contributed by atoms with Gasteiger partial charge in [0.1, 0.15) is 6.04 Å². The average Bonchev–Trinajstić information content (AvgIpc) is 2.41. The molecule has 1 rings (SSSR count). The van der Waals surface area contributed by atoms with E-state index in [9.17, 15) is 14.7 Å². The zero-order chi connectivity index (χ0) is 14.1. The first-order valence-electron chi connectivity index (χ1n) is 6.82. The van der Waals surface area contributed by atoms with Gasteiger partial charge in [-0.15, -0.1) is 11.8 Å². The Bertz CT molecular complexity index is 365. The maximum atomic E-state index is 11.6. The normalized spacial score (nSPS) is 16.9. The van der Waals surface area contributed by atoms with Crippen LogP contribution in [0.1, 0.15) is 45.4 Å². The van der Waals surface area contributed by atoms with Crippen LogP contribution in [-0.4, -0.2) is 29.7 Å². The van der Waals surface area contributed by atoms with Crippen molar-refractivity contribution < 1.29 is 14.7 Å². The summed E-state index contributed by atoms with van der Waals surface area (Å²) >= 11 is 0. The van der Waals surface area contributed by atoms with Crippen molar-refractivity contribution in [2.75, 3.05) is 6.54 Å². The molecule has 0 aromatic heterocycles. The number of nitrogens with one attached hydrogen (secondary N) is 2. The summed E-state index contributed by atoms with van der Waals surface area (Å²) in [5.74, 6) is 4.67. The van der Waals surface area contributed by atoms with Crippen LogP contribution in [0.2, 0.25) is 0 Å². The van der Waals surface area contributed by atoms with E-state index in [0.717, 1.165) is 32.1 Å². The second-order valence-corrected chi connectivity index (χ2v) is 4.79. The Morgan fingerprint density at radius 2 is 2.00 bits per heavy atom. The van der Waals surface area contributed by atoms with Crippen LogP contribution in [0, 0.1) is 17.8 Å². The van der Waals surface area contributed by atoms with E-state index in [-0.39, 0.29) is 5.92 Å². The van der Waals surface area contributed by atoms with E-state index in [1.807, 2.05) is 0 Å². The van der Waals surface area contributed by atoms with Gasteiger partial charge < -0.3 is 15.7 Å². The molecule has 0 radical (unpaired) electrons. The van der Waals surface area contributed by atoms with Gasteiger partial charge in [-0.25, -0.2) is 9.59 Å². The van der Waals surface area contributed by atoms with Crippen LogP contribution in [0.4, 0.5) is 4.79 Å². The maximum Gasteiger partial charge on any atom is 0.326 e. The highest BCUT2D eigenvalue weighted by molar-refractivity contribution is 5.82. The number of carboxylic acid groups (broad SMARTS) is 1. The number of rotatable bonds is 5. The molecule has 1 aliphatic carbocycles. The molecular formula is C14H22N2O3. The van der Waals surface area contributed by atoms with Crippen LogP contribution < -0.4 is 10.6 Å². The van der Waals surface area contributed by atoms with E-state index in [1.165, 1.54) is 0 Å². The van der Waals surface area contributed by atoms with Crippen molar-refractivity contribution >= 4 is 12.0 Å². The van der Waals surface area contributed by atoms with Crippen LogP contribution in [-0.2, 0) is 4.79 Å². The zero-order valence-corrected chi connectivity index (χ0v) is 11.4. The van der Waals surface area contributed by atoms with Gasteiger partial charge in [0.25, 0.3) is 0 Å². The van der Waals surface area contributed by atoms with E-state index >= 15 is 0 Å². The minimum Gasteiger partial charge on any atom is -0.480 e. The second kappa shape index (κ2) is 8.41. The van der Waals surface area contributed by atoms with E-state index in [4.69, 9.17) is 0 Å². The lowest BCUT2D eigenvalue weighted by atomic mass is 9.84. The molecule has 0 aromatic rings. The number of hydrogen-bond acceptors (Lipinski definition) is 2. The van der Waals surface area contributed by atoms with Gasteiger partial charge in [-0.1, -0.05) is 19.3 Å². The van der Waals surface area contributed by atoms with Crippen LogP contribution in [0.5, 0.6) is 0 Å².